The molecule has 0 radical (unpaired) electrons. The molecule has 0 aliphatic carbocycles. The van der Waals surface area contributed by atoms with Crippen molar-refractivity contribution in [3.05, 3.63) is 34.4 Å². The standard InChI is InChI=1S/C9H4Cl3NO2S2/c10-5-2-1-3-6(11)8(5)9-13-4-7(16-9)17(12,14)15/h1-4H. The third-order valence-electron chi connectivity index (χ3n) is 1.90. The van der Waals surface area contributed by atoms with E-state index >= 15 is 0 Å². The third-order valence-corrected chi connectivity index (χ3v) is 5.61. The molecule has 0 spiro atoms. The molecule has 2 rings (SSSR count). The minimum atomic E-state index is -3.77. The minimum Gasteiger partial charge on any atom is -0.243 e. The van der Waals surface area contributed by atoms with E-state index in [0.717, 1.165) is 11.3 Å². The van der Waals surface area contributed by atoms with Gasteiger partial charge in [0.05, 0.1) is 16.2 Å². The first-order chi connectivity index (χ1) is 7.89. The van der Waals surface area contributed by atoms with Gasteiger partial charge in [0.2, 0.25) is 0 Å². The summed E-state index contributed by atoms with van der Waals surface area (Å²) in [7, 11) is 1.44. The second-order valence-corrected chi connectivity index (χ2v) is 7.66. The van der Waals surface area contributed by atoms with Crippen molar-refractivity contribution >= 4 is 54.3 Å². The fourth-order valence-corrected chi connectivity index (χ4v) is 3.82. The summed E-state index contributed by atoms with van der Waals surface area (Å²) in [5.41, 5.74) is 0.507. The summed E-state index contributed by atoms with van der Waals surface area (Å²) in [5, 5.41) is 1.23. The Balaban J connectivity index is 2.59. The molecule has 0 amide bonds. The molecule has 8 heteroatoms. The van der Waals surface area contributed by atoms with Gasteiger partial charge in [-0.25, -0.2) is 13.4 Å². The van der Waals surface area contributed by atoms with Gasteiger partial charge in [0, 0.05) is 16.2 Å². The van der Waals surface area contributed by atoms with Crippen LogP contribution in [-0.4, -0.2) is 13.4 Å². The van der Waals surface area contributed by atoms with Crippen LogP contribution in [0.15, 0.2) is 28.6 Å². The predicted octanol–water partition coefficient (Wildman–Crippen LogP) is 4.04. The maximum Gasteiger partial charge on any atom is 0.272 e. The predicted molar refractivity (Wildman–Crippen MR) is 70.6 cm³/mol. The Hall–Kier alpha value is -0.330. The first-order valence-corrected chi connectivity index (χ1v) is 8.12. The normalized spacial score (nSPS) is 11.7. The zero-order valence-electron chi connectivity index (χ0n) is 8.02. The summed E-state index contributed by atoms with van der Waals surface area (Å²) in [6, 6.07) is 5.00. The average molecular weight is 329 g/mol. The van der Waals surface area contributed by atoms with Crippen molar-refractivity contribution in [1.29, 1.82) is 0 Å². The van der Waals surface area contributed by atoms with Crippen LogP contribution in [0, 0.1) is 0 Å². The maximum atomic E-state index is 11.1. The number of aromatic nitrogens is 1. The minimum absolute atomic E-state index is 0.0369. The summed E-state index contributed by atoms with van der Waals surface area (Å²) < 4.78 is 22.2. The highest BCUT2D eigenvalue weighted by Crippen LogP contribution is 2.38. The lowest BCUT2D eigenvalue weighted by Gasteiger charge is -2.01. The van der Waals surface area contributed by atoms with E-state index in [9.17, 15) is 8.42 Å². The van der Waals surface area contributed by atoms with Crippen LogP contribution in [0.5, 0.6) is 0 Å². The zero-order valence-corrected chi connectivity index (χ0v) is 11.9. The van der Waals surface area contributed by atoms with Gasteiger partial charge in [-0.1, -0.05) is 29.3 Å². The van der Waals surface area contributed by atoms with E-state index in [4.69, 9.17) is 33.9 Å². The molecule has 1 heterocycles. The van der Waals surface area contributed by atoms with Crippen molar-refractivity contribution in [2.75, 3.05) is 0 Å². The Morgan fingerprint density at radius 3 is 2.24 bits per heavy atom. The van der Waals surface area contributed by atoms with Gasteiger partial charge in [0.1, 0.15) is 5.01 Å². The number of hydrogen-bond donors (Lipinski definition) is 0. The molecule has 0 atom stereocenters. The summed E-state index contributed by atoms with van der Waals surface area (Å²) in [6.45, 7) is 0. The van der Waals surface area contributed by atoms with Crippen molar-refractivity contribution in [2.24, 2.45) is 0 Å². The Kier molecular flexibility index (Phi) is 3.66. The number of thiazole rings is 1. The quantitative estimate of drug-likeness (QED) is 0.782. The molecule has 0 fully saturated rings. The van der Waals surface area contributed by atoms with Crippen molar-refractivity contribution in [2.45, 2.75) is 4.21 Å². The van der Waals surface area contributed by atoms with Gasteiger partial charge in [0.15, 0.2) is 4.21 Å². The molecule has 1 aromatic heterocycles. The van der Waals surface area contributed by atoms with E-state index in [-0.39, 0.29) is 4.21 Å². The molecule has 90 valence electrons. The lowest BCUT2D eigenvalue weighted by molar-refractivity contribution is 0.611. The van der Waals surface area contributed by atoms with E-state index in [2.05, 4.69) is 4.98 Å². The van der Waals surface area contributed by atoms with E-state index in [1.807, 2.05) is 0 Å². The van der Waals surface area contributed by atoms with Crippen LogP contribution in [0.25, 0.3) is 10.6 Å². The van der Waals surface area contributed by atoms with E-state index in [1.165, 1.54) is 6.20 Å². The highest BCUT2D eigenvalue weighted by atomic mass is 35.7. The molecule has 0 aliphatic heterocycles. The Bertz CT molecular complexity index is 646. The van der Waals surface area contributed by atoms with Gasteiger partial charge in [0.25, 0.3) is 9.05 Å². The van der Waals surface area contributed by atoms with E-state index in [0.29, 0.717) is 20.6 Å². The van der Waals surface area contributed by atoms with Gasteiger partial charge in [-0.3, -0.25) is 0 Å². The molecule has 0 saturated heterocycles. The van der Waals surface area contributed by atoms with Gasteiger partial charge in [-0.05, 0) is 12.1 Å². The topological polar surface area (TPSA) is 47.0 Å². The highest BCUT2D eigenvalue weighted by Gasteiger charge is 2.18. The lowest BCUT2D eigenvalue weighted by atomic mass is 10.2. The van der Waals surface area contributed by atoms with Gasteiger partial charge in [-0.15, -0.1) is 11.3 Å². The van der Waals surface area contributed by atoms with Crippen molar-refractivity contribution in [3.8, 4) is 10.6 Å². The molecule has 3 nitrogen and oxygen atoms in total. The number of hydrogen-bond acceptors (Lipinski definition) is 4. The van der Waals surface area contributed by atoms with Crippen LogP contribution in [0.3, 0.4) is 0 Å². The molecule has 1 aromatic carbocycles. The Morgan fingerprint density at radius 1 is 1.18 bits per heavy atom. The summed E-state index contributed by atoms with van der Waals surface area (Å²) >= 11 is 12.9. The molecule has 0 aliphatic rings. The van der Waals surface area contributed by atoms with Crippen LogP contribution >= 0.6 is 45.2 Å². The van der Waals surface area contributed by atoms with Gasteiger partial charge >= 0.3 is 0 Å². The second-order valence-electron chi connectivity index (χ2n) is 3.02. The molecular formula is C9H4Cl3NO2S2. The van der Waals surface area contributed by atoms with Crippen LogP contribution in [0.1, 0.15) is 0 Å². The fourth-order valence-electron chi connectivity index (χ4n) is 1.19. The zero-order chi connectivity index (χ0) is 12.6. The molecule has 0 saturated carbocycles. The summed E-state index contributed by atoms with van der Waals surface area (Å²) in [6.07, 6.45) is 1.18. The summed E-state index contributed by atoms with van der Waals surface area (Å²) in [4.78, 5) is 3.96. The van der Waals surface area contributed by atoms with Gasteiger partial charge < -0.3 is 0 Å². The molecule has 0 bridgehead atoms. The van der Waals surface area contributed by atoms with Crippen molar-refractivity contribution in [3.63, 3.8) is 0 Å². The smallest absolute Gasteiger partial charge is 0.243 e. The third kappa shape index (κ3) is 2.74. The number of rotatable bonds is 2. The number of nitrogens with zero attached hydrogens (tertiary/aromatic N) is 1. The van der Waals surface area contributed by atoms with E-state index in [1.54, 1.807) is 18.2 Å². The largest absolute Gasteiger partial charge is 0.272 e. The Labute approximate surface area is 116 Å². The monoisotopic (exact) mass is 327 g/mol. The first-order valence-electron chi connectivity index (χ1n) is 4.24. The highest BCUT2D eigenvalue weighted by molar-refractivity contribution is 8.15. The lowest BCUT2D eigenvalue weighted by Crippen LogP contribution is -1.83. The van der Waals surface area contributed by atoms with E-state index < -0.39 is 9.05 Å². The molecule has 2 aromatic rings. The first kappa shape index (κ1) is 13.1. The fraction of sp³-hybridized carbons (Fsp3) is 0. The molecule has 17 heavy (non-hydrogen) atoms. The molecular weight excluding hydrogens is 325 g/mol. The number of halogens is 3. The Morgan fingerprint density at radius 2 is 1.76 bits per heavy atom. The molecule has 0 unspecified atom stereocenters. The van der Waals surface area contributed by atoms with Crippen molar-refractivity contribution in [1.82, 2.24) is 4.98 Å². The maximum absolute atomic E-state index is 11.1. The average Bonchev–Trinajstić information content (AvgIpc) is 2.65. The van der Waals surface area contributed by atoms with Crippen molar-refractivity contribution < 1.29 is 8.42 Å². The van der Waals surface area contributed by atoms with Crippen LogP contribution in [-0.2, 0) is 9.05 Å². The van der Waals surface area contributed by atoms with Crippen LogP contribution < -0.4 is 0 Å². The van der Waals surface area contributed by atoms with Crippen LogP contribution in [0.2, 0.25) is 10.0 Å². The van der Waals surface area contributed by atoms with Gasteiger partial charge in [-0.2, -0.15) is 0 Å². The number of benzene rings is 1. The molecule has 0 N–H and O–H groups in total. The van der Waals surface area contributed by atoms with Crippen LogP contribution in [0.4, 0.5) is 0 Å². The summed E-state index contributed by atoms with van der Waals surface area (Å²) in [5.74, 6) is 0. The second kappa shape index (κ2) is 4.74. The SMILES string of the molecule is O=S(=O)(Cl)c1cnc(-c2c(Cl)cccc2Cl)s1.